The lowest BCUT2D eigenvalue weighted by Crippen LogP contribution is -2.49. The number of halogens is 3. The summed E-state index contributed by atoms with van der Waals surface area (Å²) in [6, 6.07) is 4.19. The van der Waals surface area contributed by atoms with E-state index in [1.165, 1.54) is 6.07 Å². The zero-order valence-corrected chi connectivity index (χ0v) is 14.4. The molecular formula is C18H15F3N2O4. The zero-order valence-electron chi connectivity index (χ0n) is 14.4. The molecule has 5 atom stereocenters. The van der Waals surface area contributed by atoms with Crippen LogP contribution in [-0.4, -0.2) is 34.2 Å². The average Bonchev–Trinajstić information content (AvgIpc) is 3.07. The third-order valence-electron chi connectivity index (χ3n) is 5.98. The van der Waals surface area contributed by atoms with Crippen molar-refractivity contribution in [3.05, 3.63) is 29.3 Å². The Morgan fingerprint density at radius 2 is 1.89 bits per heavy atom. The fourth-order valence-corrected chi connectivity index (χ4v) is 4.78. The Balaban J connectivity index is 1.81. The summed E-state index contributed by atoms with van der Waals surface area (Å²) in [5.74, 6) is -3.19. The number of alkyl halides is 3. The van der Waals surface area contributed by atoms with Crippen LogP contribution in [0.2, 0.25) is 0 Å². The maximum atomic E-state index is 13.2. The minimum absolute atomic E-state index is 0.165. The molecule has 1 N–H and O–H groups in total. The molecule has 3 saturated heterocycles. The van der Waals surface area contributed by atoms with Crippen LogP contribution in [0.25, 0.3) is 0 Å². The van der Waals surface area contributed by atoms with Crippen LogP contribution in [0.3, 0.4) is 0 Å². The largest absolute Gasteiger partial charge is 0.417 e. The Labute approximate surface area is 152 Å². The summed E-state index contributed by atoms with van der Waals surface area (Å²) in [7, 11) is 0. The number of carbonyl (C=O) groups is 2. The van der Waals surface area contributed by atoms with Crippen LogP contribution in [0.5, 0.6) is 0 Å². The Morgan fingerprint density at radius 3 is 2.48 bits per heavy atom. The molecule has 0 spiro atoms. The highest BCUT2D eigenvalue weighted by Gasteiger charge is 2.75. The Kier molecular flexibility index (Phi) is 3.38. The highest BCUT2D eigenvalue weighted by Crippen LogP contribution is 2.61. The van der Waals surface area contributed by atoms with Crippen molar-refractivity contribution in [1.82, 2.24) is 0 Å². The summed E-state index contributed by atoms with van der Waals surface area (Å²) in [6.07, 6.45) is -5.59. The van der Waals surface area contributed by atoms with Gasteiger partial charge in [0, 0.05) is 6.42 Å². The summed E-state index contributed by atoms with van der Waals surface area (Å²) < 4.78 is 45.6. The number of aliphatic hydroxyl groups is 1. The summed E-state index contributed by atoms with van der Waals surface area (Å²) >= 11 is 0. The minimum Gasteiger partial charge on any atom is -0.390 e. The smallest absolute Gasteiger partial charge is 0.390 e. The molecule has 0 aromatic heterocycles. The molecule has 6 nitrogen and oxygen atoms in total. The van der Waals surface area contributed by atoms with Gasteiger partial charge in [-0.1, -0.05) is 0 Å². The van der Waals surface area contributed by atoms with E-state index in [0.717, 1.165) is 17.0 Å². The van der Waals surface area contributed by atoms with Gasteiger partial charge in [-0.05, 0) is 32.0 Å². The topological polar surface area (TPSA) is 90.6 Å². The Morgan fingerprint density at radius 1 is 1.26 bits per heavy atom. The second-order valence-corrected chi connectivity index (χ2v) is 7.63. The normalized spacial score (nSPS) is 37.7. The highest BCUT2D eigenvalue weighted by atomic mass is 19.4. The van der Waals surface area contributed by atoms with Gasteiger partial charge in [-0.15, -0.1) is 0 Å². The molecule has 27 heavy (non-hydrogen) atoms. The van der Waals surface area contributed by atoms with Gasteiger partial charge < -0.3 is 9.84 Å². The van der Waals surface area contributed by atoms with Crippen LogP contribution >= 0.6 is 0 Å². The van der Waals surface area contributed by atoms with Crippen molar-refractivity contribution in [2.75, 3.05) is 4.90 Å². The number of carbonyl (C=O) groups excluding carboxylic acids is 2. The molecule has 4 rings (SSSR count). The van der Waals surface area contributed by atoms with Crippen molar-refractivity contribution in [3.63, 3.8) is 0 Å². The van der Waals surface area contributed by atoms with Crippen molar-refractivity contribution >= 4 is 17.5 Å². The first-order chi connectivity index (χ1) is 12.4. The van der Waals surface area contributed by atoms with Crippen molar-refractivity contribution in [3.8, 4) is 6.07 Å². The average molecular weight is 380 g/mol. The van der Waals surface area contributed by atoms with Crippen molar-refractivity contribution < 1.29 is 32.6 Å². The number of fused-ring (bicyclic) bond motifs is 5. The fourth-order valence-electron chi connectivity index (χ4n) is 4.78. The van der Waals surface area contributed by atoms with Gasteiger partial charge in [-0.25, -0.2) is 4.90 Å². The molecule has 0 radical (unpaired) electrons. The van der Waals surface area contributed by atoms with E-state index >= 15 is 0 Å². The van der Waals surface area contributed by atoms with E-state index < -0.39 is 58.3 Å². The number of nitrogens with zero attached hydrogens (tertiary/aromatic N) is 2. The first kappa shape index (κ1) is 17.9. The van der Waals surface area contributed by atoms with Gasteiger partial charge >= 0.3 is 6.18 Å². The molecule has 1 aromatic carbocycles. The number of aliphatic hydroxyl groups excluding tert-OH is 1. The lowest BCUT2D eigenvalue weighted by Gasteiger charge is -2.31. The van der Waals surface area contributed by atoms with Crippen LogP contribution in [-0.2, 0) is 20.5 Å². The van der Waals surface area contributed by atoms with E-state index in [-0.39, 0.29) is 12.1 Å². The van der Waals surface area contributed by atoms with Crippen LogP contribution in [0, 0.1) is 23.2 Å². The van der Waals surface area contributed by atoms with E-state index in [9.17, 15) is 27.9 Å². The quantitative estimate of drug-likeness (QED) is 0.753. The Bertz CT molecular complexity index is 924. The second-order valence-electron chi connectivity index (χ2n) is 7.63. The zero-order chi connectivity index (χ0) is 19.9. The summed E-state index contributed by atoms with van der Waals surface area (Å²) in [5, 5.41) is 19.2. The number of hydrogen-bond donors (Lipinski definition) is 1. The van der Waals surface area contributed by atoms with E-state index in [1.54, 1.807) is 13.8 Å². The van der Waals surface area contributed by atoms with Crippen LogP contribution in [0.1, 0.15) is 31.4 Å². The van der Waals surface area contributed by atoms with Crippen LogP contribution in [0.15, 0.2) is 18.2 Å². The van der Waals surface area contributed by atoms with Gasteiger partial charge in [0.1, 0.15) is 5.60 Å². The maximum absolute atomic E-state index is 13.2. The number of imide groups is 1. The van der Waals surface area contributed by atoms with Gasteiger partial charge in [0.2, 0.25) is 11.8 Å². The maximum Gasteiger partial charge on any atom is 0.417 e. The predicted octanol–water partition coefficient (Wildman–Crippen LogP) is 1.99. The van der Waals surface area contributed by atoms with Crippen molar-refractivity contribution in [1.29, 1.82) is 5.26 Å². The minimum atomic E-state index is -4.81. The monoisotopic (exact) mass is 380 g/mol. The molecular weight excluding hydrogens is 365 g/mol. The number of nitriles is 1. The molecule has 0 saturated carbocycles. The summed E-state index contributed by atoms with van der Waals surface area (Å²) in [5.41, 5.74) is -4.37. The van der Waals surface area contributed by atoms with Crippen LogP contribution in [0.4, 0.5) is 18.9 Å². The molecule has 142 valence electrons. The first-order valence-electron chi connectivity index (χ1n) is 8.31. The number of rotatable bonds is 1. The van der Waals surface area contributed by atoms with Crippen LogP contribution < -0.4 is 4.90 Å². The molecule has 1 aromatic rings. The molecule has 0 unspecified atom stereocenters. The molecule has 3 aliphatic heterocycles. The van der Waals surface area contributed by atoms with Gasteiger partial charge in [-0.3, -0.25) is 9.59 Å². The summed E-state index contributed by atoms with van der Waals surface area (Å²) in [4.78, 5) is 26.6. The van der Waals surface area contributed by atoms with Gasteiger partial charge in [0.05, 0.1) is 46.4 Å². The fraction of sp³-hybridized carbons (Fsp3) is 0.500. The SMILES string of the molecule is C[C@@]12O[C@@](C)(C[C@@H]1O)[C@@H]1C(=O)N(c3ccc(C#N)c(C(F)(F)F)c3)C(=O)[C@H]12. The summed E-state index contributed by atoms with van der Waals surface area (Å²) in [6.45, 7) is 3.17. The molecule has 0 aliphatic carbocycles. The molecule has 2 bridgehead atoms. The van der Waals surface area contributed by atoms with E-state index in [4.69, 9.17) is 10.00 Å². The number of benzene rings is 1. The standard InChI is InChI=1S/C18H15F3N2O4/c1-16-6-11(24)17(2,27-16)13-12(16)14(25)23(15(13)26)9-4-3-8(7-22)10(5-9)18(19,20)21/h3-5,11-13,24H,6H2,1-2H3/t11-,12-,13-,16-,17+/m0/s1. The van der Waals surface area contributed by atoms with Gasteiger partial charge in [0.15, 0.2) is 0 Å². The van der Waals surface area contributed by atoms with E-state index in [1.807, 2.05) is 0 Å². The third kappa shape index (κ3) is 2.14. The molecule has 9 heteroatoms. The van der Waals surface area contributed by atoms with Crippen molar-refractivity contribution in [2.45, 2.75) is 43.8 Å². The van der Waals surface area contributed by atoms with E-state index in [0.29, 0.717) is 6.07 Å². The molecule has 3 heterocycles. The lowest BCUT2D eigenvalue weighted by atomic mass is 9.67. The number of amides is 2. The number of anilines is 1. The molecule has 3 aliphatic rings. The second kappa shape index (κ2) is 5.09. The van der Waals surface area contributed by atoms with Gasteiger partial charge in [-0.2, -0.15) is 18.4 Å². The van der Waals surface area contributed by atoms with E-state index in [2.05, 4.69) is 0 Å². The van der Waals surface area contributed by atoms with Crippen molar-refractivity contribution in [2.24, 2.45) is 11.8 Å². The number of ether oxygens (including phenoxy) is 1. The first-order valence-corrected chi connectivity index (χ1v) is 8.31. The molecule has 3 fully saturated rings. The number of hydrogen-bond acceptors (Lipinski definition) is 5. The van der Waals surface area contributed by atoms with Gasteiger partial charge in [0.25, 0.3) is 0 Å². The third-order valence-corrected chi connectivity index (χ3v) is 5.98. The Hall–Kier alpha value is -2.44. The highest BCUT2D eigenvalue weighted by molar-refractivity contribution is 6.23. The lowest BCUT2D eigenvalue weighted by molar-refractivity contribution is -0.138. The molecule has 2 amide bonds. The predicted molar refractivity (Wildman–Crippen MR) is 84.2 cm³/mol.